The molecule has 8 nitrogen and oxygen atoms in total. The molecule has 0 unspecified atom stereocenters. The number of anilines is 1. The third-order valence-corrected chi connectivity index (χ3v) is 8.36. The molecule has 11 heteroatoms. The van der Waals surface area contributed by atoms with Crippen molar-refractivity contribution < 1.29 is 4.39 Å². The van der Waals surface area contributed by atoms with E-state index in [4.69, 9.17) is 10.1 Å². The molecule has 5 heterocycles. The fraction of sp³-hybridized carbons (Fsp3) is 0.304. The van der Waals surface area contributed by atoms with Gasteiger partial charge in [-0.25, -0.2) is 18.9 Å². The fourth-order valence-corrected chi connectivity index (χ4v) is 6.24. The van der Waals surface area contributed by atoms with Gasteiger partial charge in [-0.05, 0) is 43.7 Å². The zero-order chi connectivity index (χ0) is 23.4. The zero-order valence-electron chi connectivity index (χ0n) is 18.7. The van der Waals surface area contributed by atoms with Crippen LogP contribution >= 0.6 is 22.7 Å². The first-order valence-electron chi connectivity index (χ1n) is 11.0. The van der Waals surface area contributed by atoms with Crippen molar-refractivity contribution in [1.29, 1.82) is 0 Å². The van der Waals surface area contributed by atoms with Gasteiger partial charge in [0.05, 0.1) is 23.8 Å². The summed E-state index contributed by atoms with van der Waals surface area (Å²) in [6, 6.07) is 6.32. The number of hydrogen-bond donors (Lipinski definition) is 1. The summed E-state index contributed by atoms with van der Waals surface area (Å²) in [5, 5.41) is 6.36. The number of nitrogens with one attached hydrogen (secondary N) is 1. The van der Waals surface area contributed by atoms with Crippen LogP contribution in [0.25, 0.3) is 26.4 Å². The van der Waals surface area contributed by atoms with Crippen molar-refractivity contribution in [3.8, 4) is 11.3 Å². The monoisotopic (exact) mass is 495 g/mol. The predicted octanol–water partition coefficient (Wildman–Crippen LogP) is 3.83. The van der Waals surface area contributed by atoms with Gasteiger partial charge in [-0.1, -0.05) is 11.3 Å². The smallest absolute Gasteiger partial charge is 0.259 e. The van der Waals surface area contributed by atoms with Gasteiger partial charge in [0.15, 0.2) is 0 Å². The first kappa shape index (κ1) is 21.4. The number of aryl methyl sites for hydroxylation is 2. The lowest BCUT2D eigenvalue weighted by Crippen LogP contribution is -2.46. The molecule has 1 saturated heterocycles. The summed E-state index contributed by atoms with van der Waals surface area (Å²) in [5.41, 5.74) is 2.62. The van der Waals surface area contributed by atoms with Gasteiger partial charge < -0.3 is 9.88 Å². The van der Waals surface area contributed by atoms with Gasteiger partial charge in [0.25, 0.3) is 5.56 Å². The van der Waals surface area contributed by atoms with Gasteiger partial charge in [-0.2, -0.15) is 0 Å². The van der Waals surface area contributed by atoms with E-state index < -0.39 is 0 Å². The van der Waals surface area contributed by atoms with E-state index in [1.54, 1.807) is 39.3 Å². The molecule has 0 spiro atoms. The highest BCUT2D eigenvalue weighted by atomic mass is 32.1. The summed E-state index contributed by atoms with van der Waals surface area (Å²) in [7, 11) is 0. The van der Waals surface area contributed by atoms with Crippen LogP contribution in [-0.4, -0.2) is 55.6 Å². The Kier molecular flexibility index (Phi) is 5.19. The topological polar surface area (TPSA) is 82.4 Å². The number of benzene rings is 1. The molecular formula is C23H22FN7OS2. The van der Waals surface area contributed by atoms with Crippen LogP contribution in [0.2, 0.25) is 0 Å². The molecule has 5 aromatic rings. The number of hydrogen-bond acceptors (Lipinski definition) is 8. The summed E-state index contributed by atoms with van der Waals surface area (Å²) in [5.74, 6) is 0.456. The number of thiophene rings is 1. The van der Waals surface area contributed by atoms with Crippen LogP contribution in [0.15, 0.2) is 35.3 Å². The molecule has 0 amide bonds. The van der Waals surface area contributed by atoms with Gasteiger partial charge in [0, 0.05) is 36.6 Å². The molecule has 1 N–H and O–H groups in total. The lowest BCUT2D eigenvalue weighted by atomic mass is 10.2. The number of aromatic amines is 1. The second-order valence-corrected chi connectivity index (χ2v) is 10.6. The maximum Gasteiger partial charge on any atom is 0.259 e. The largest absolute Gasteiger partial charge is 0.344 e. The average Bonchev–Trinajstić information content (AvgIpc) is 3.47. The van der Waals surface area contributed by atoms with Crippen LogP contribution in [0.1, 0.15) is 16.3 Å². The molecule has 0 saturated carbocycles. The van der Waals surface area contributed by atoms with Gasteiger partial charge in [0.1, 0.15) is 16.5 Å². The summed E-state index contributed by atoms with van der Waals surface area (Å²) >= 11 is 3.13. The lowest BCUT2D eigenvalue weighted by Gasteiger charge is -2.33. The number of piperazine rings is 1. The summed E-state index contributed by atoms with van der Waals surface area (Å²) in [4.78, 5) is 32.2. The molecule has 0 aliphatic carbocycles. The lowest BCUT2D eigenvalue weighted by molar-refractivity contribution is 0.244. The molecule has 6 rings (SSSR count). The van der Waals surface area contributed by atoms with E-state index in [2.05, 4.69) is 19.8 Å². The third kappa shape index (κ3) is 3.79. The van der Waals surface area contributed by atoms with Crippen molar-refractivity contribution in [2.75, 3.05) is 31.1 Å². The highest BCUT2D eigenvalue weighted by Gasteiger charge is 2.22. The van der Waals surface area contributed by atoms with Crippen LogP contribution in [0, 0.1) is 19.7 Å². The molecule has 4 aromatic heterocycles. The van der Waals surface area contributed by atoms with Crippen molar-refractivity contribution in [1.82, 2.24) is 29.5 Å². The zero-order valence-corrected chi connectivity index (χ0v) is 20.3. The van der Waals surface area contributed by atoms with E-state index >= 15 is 0 Å². The molecule has 0 atom stereocenters. The molecule has 0 bridgehead atoms. The molecular weight excluding hydrogens is 473 g/mol. The standard InChI is InChI=1S/C23H22FN7OS2/c1-13-14(2)33-21-19(13)20(32)26-18(27-21)12-29-7-9-30(10-8-29)23-28-31-11-17(25-22(31)34-23)15-3-5-16(24)6-4-15/h3-6,11H,7-10,12H2,1-2H3,(H,26,27,32). The van der Waals surface area contributed by atoms with Crippen LogP contribution in [0.3, 0.4) is 0 Å². The van der Waals surface area contributed by atoms with Crippen LogP contribution in [-0.2, 0) is 6.54 Å². The Labute approximate surface area is 202 Å². The molecule has 0 radical (unpaired) electrons. The van der Waals surface area contributed by atoms with Crippen LogP contribution in [0.4, 0.5) is 9.52 Å². The number of fused-ring (bicyclic) bond motifs is 2. The minimum absolute atomic E-state index is 0.0494. The quantitative estimate of drug-likeness (QED) is 0.408. The SMILES string of the molecule is Cc1sc2nc(CN3CCN(c4nn5cc(-c6ccc(F)cc6)nc5s4)CC3)[nH]c(=O)c2c1C. The number of rotatable bonds is 4. The number of H-pyrrole nitrogens is 1. The van der Waals surface area contributed by atoms with Crippen molar-refractivity contribution >= 4 is 43.0 Å². The molecule has 1 fully saturated rings. The maximum atomic E-state index is 13.2. The summed E-state index contributed by atoms with van der Waals surface area (Å²) < 4.78 is 15.0. The van der Waals surface area contributed by atoms with Crippen LogP contribution in [0.5, 0.6) is 0 Å². The minimum atomic E-state index is -0.260. The van der Waals surface area contributed by atoms with Crippen molar-refractivity contribution in [2.45, 2.75) is 20.4 Å². The highest BCUT2D eigenvalue weighted by molar-refractivity contribution is 7.20. The van der Waals surface area contributed by atoms with E-state index in [-0.39, 0.29) is 11.4 Å². The second-order valence-electron chi connectivity index (χ2n) is 8.48. The molecule has 174 valence electrons. The Bertz CT molecular complexity index is 1530. The Morgan fingerprint density at radius 2 is 1.82 bits per heavy atom. The average molecular weight is 496 g/mol. The Morgan fingerprint density at radius 3 is 2.56 bits per heavy atom. The third-order valence-electron chi connectivity index (χ3n) is 6.28. The number of imidazole rings is 1. The first-order valence-corrected chi connectivity index (χ1v) is 12.7. The number of nitrogens with zero attached hydrogens (tertiary/aromatic N) is 6. The van der Waals surface area contributed by atoms with Crippen molar-refractivity contribution in [3.05, 3.63) is 62.9 Å². The van der Waals surface area contributed by atoms with E-state index in [1.165, 1.54) is 12.1 Å². The highest BCUT2D eigenvalue weighted by Crippen LogP contribution is 2.28. The fourth-order valence-electron chi connectivity index (χ4n) is 4.26. The van der Waals surface area contributed by atoms with Gasteiger partial charge in [-0.15, -0.1) is 16.4 Å². The molecule has 34 heavy (non-hydrogen) atoms. The molecule has 1 aliphatic rings. The molecule has 1 aromatic carbocycles. The first-order chi connectivity index (χ1) is 16.4. The number of halogens is 1. The second kappa shape index (κ2) is 8.26. The molecule has 1 aliphatic heterocycles. The van der Waals surface area contributed by atoms with Crippen LogP contribution < -0.4 is 10.5 Å². The van der Waals surface area contributed by atoms with E-state index in [1.807, 2.05) is 20.0 Å². The Morgan fingerprint density at radius 1 is 1.06 bits per heavy atom. The minimum Gasteiger partial charge on any atom is -0.344 e. The Hall–Kier alpha value is -3.15. The maximum absolute atomic E-state index is 13.2. The van der Waals surface area contributed by atoms with E-state index in [9.17, 15) is 9.18 Å². The van der Waals surface area contributed by atoms with Gasteiger partial charge >= 0.3 is 0 Å². The van der Waals surface area contributed by atoms with Gasteiger partial charge in [-0.3, -0.25) is 9.69 Å². The van der Waals surface area contributed by atoms with E-state index in [0.29, 0.717) is 17.8 Å². The summed E-state index contributed by atoms with van der Waals surface area (Å²) in [6.45, 7) is 8.01. The normalized spacial score (nSPS) is 15.1. The number of aromatic nitrogens is 5. The van der Waals surface area contributed by atoms with Crippen molar-refractivity contribution in [2.24, 2.45) is 0 Å². The van der Waals surface area contributed by atoms with Crippen molar-refractivity contribution in [3.63, 3.8) is 0 Å². The van der Waals surface area contributed by atoms with Gasteiger partial charge in [0.2, 0.25) is 10.1 Å². The summed E-state index contributed by atoms with van der Waals surface area (Å²) in [6.07, 6.45) is 1.88. The predicted molar refractivity (Wildman–Crippen MR) is 133 cm³/mol. The van der Waals surface area contributed by atoms with E-state index in [0.717, 1.165) is 62.8 Å². The Balaban J connectivity index is 1.13.